The summed E-state index contributed by atoms with van der Waals surface area (Å²) in [7, 11) is 0. The molecule has 0 bridgehead atoms. The zero-order valence-electron chi connectivity index (χ0n) is 15.3. The van der Waals surface area contributed by atoms with Crippen molar-refractivity contribution in [1.29, 1.82) is 0 Å². The van der Waals surface area contributed by atoms with Crippen LogP contribution in [0.1, 0.15) is 23.2 Å². The maximum atomic E-state index is 12.7. The zero-order chi connectivity index (χ0) is 19.7. The first kappa shape index (κ1) is 18.7. The number of nitro groups is 1. The molecule has 2 aromatic carbocycles. The van der Waals surface area contributed by atoms with E-state index in [9.17, 15) is 14.9 Å². The Hall–Kier alpha value is -2.61. The summed E-state index contributed by atoms with van der Waals surface area (Å²) in [5, 5.41) is 14.6. The molecule has 0 spiro atoms. The lowest BCUT2D eigenvalue weighted by Crippen LogP contribution is -2.48. The summed E-state index contributed by atoms with van der Waals surface area (Å²) in [6.45, 7) is 2.64. The number of rotatable bonds is 5. The number of hydrogen-bond acceptors (Lipinski definition) is 5. The van der Waals surface area contributed by atoms with Gasteiger partial charge in [0.15, 0.2) is 0 Å². The number of anilines is 2. The van der Waals surface area contributed by atoms with Crippen LogP contribution in [-0.4, -0.2) is 48.0 Å². The highest BCUT2D eigenvalue weighted by atomic mass is 79.9. The van der Waals surface area contributed by atoms with Crippen molar-refractivity contribution in [1.82, 2.24) is 4.90 Å². The topological polar surface area (TPSA) is 78.7 Å². The molecule has 1 heterocycles. The van der Waals surface area contributed by atoms with Gasteiger partial charge in [0.05, 0.1) is 4.92 Å². The van der Waals surface area contributed by atoms with Crippen molar-refractivity contribution >= 4 is 38.9 Å². The number of nitro benzene ring substituents is 1. The van der Waals surface area contributed by atoms with Gasteiger partial charge in [0, 0.05) is 54.0 Å². The minimum absolute atomic E-state index is 0.0342. The summed E-state index contributed by atoms with van der Waals surface area (Å²) in [4.78, 5) is 27.6. The van der Waals surface area contributed by atoms with Gasteiger partial charge in [-0.1, -0.05) is 15.9 Å². The summed E-state index contributed by atoms with van der Waals surface area (Å²) in [5.41, 5.74) is 2.32. The number of piperazine rings is 1. The van der Waals surface area contributed by atoms with Crippen LogP contribution in [-0.2, 0) is 0 Å². The molecule has 0 aromatic heterocycles. The third-order valence-corrected chi connectivity index (χ3v) is 5.67. The second-order valence-corrected chi connectivity index (χ2v) is 8.08. The summed E-state index contributed by atoms with van der Waals surface area (Å²) in [6.07, 6.45) is 2.11. The van der Waals surface area contributed by atoms with Gasteiger partial charge in [-0.2, -0.15) is 0 Å². The first-order valence-electron chi connectivity index (χ1n) is 9.36. The summed E-state index contributed by atoms with van der Waals surface area (Å²) < 4.78 is 0.947. The molecule has 1 N–H and O–H groups in total. The average molecular weight is 445 g/mol. The molecular weight excluding hydrogens is 424 g/mol. The van der Waals surface area contributed by atoms with Crippen LogP contribution in [0.2, 0.25) is 0 Å². The highest BCUT2D eigenvalue weighted by Crippen LogP contribution is 2.34. The number of hydrogen-bond donors (Lipinski definition) is 1. The molecule has 2 aliphatic rings. The van der Waals surface area contributed by atoms with Crippen LogP contribution in [0.5, 0.6) is 0 Å². The van der Waals surface area contributed by atoms with E-state index in [1.807, 2.05) is 35.2 Å². The van der Waals surface area contributed by atoms with E-state index in [1.165, 1.54) is 0 Å². The van der Waals surface area contributed by atoms with Crippen LogP contribution in [0.4, 0.5) is 17.1 Å². The summed E-state index contributed by atoms with van der Waals surface area (Å²) in [5.74, 6) is 0.0342. The molecule has 8 heteroatoms. The second-order valence-electron chi connectivity index (χ2n) is 7.16. The molecule has 4 rings (SSSR count). The van der Waals surface area contributed by atoms with Gasteiger partial charge in [0.1, 0.15) is 5.69 Å². The Morgan fingerprint density at radius 3 is 2.36 bits per heavy atom. The average Bonchev–Trinajstić information content (AvgIpc) is 3.52. The fourth-order valence-electron chi connectivity index (χ4n) is 3.39. The van der Waals surface area contributed by atoms with Gasteiger partial charge < -0.3 is 15.1 Å². The standard InChI is InChI=1S/C20H21BrN4O3/c21-15-3-1-14(2-4-15)20(26)24-11-9-23(10-12-24)17-7-8-19(25(27)28)18(13-17)22-16-5-6-16/h1-4,7-8,13,16,22H,5-6,9-12H2. The Balaban J connectivity index is 1.43. The van der Waals surface area contributed by atoms with Gasteiger partial charge >= 0.3 is 0 Å². The summed E-state index contributed by atoms with van der Waals surface area (Å²) in [6, 6.07) is 13.0. The lowest BCUT2D eigenvalue weighted by Gasteiger charge is -2.36. The number of nitrogens with zero attached hydrogens (tertiary/aromatic N) is 3. The second kappa shape index (κ2) is 7.79. The first-order valence-corrected chi connectivity index (χ1v) is 10.2. The third-order valence-electron chi connectivity index (χ3n) is 5.14. The van der Waals surface area contributed by atoms with Crippen molar-refractivity contribution in [2.75, 3.05) is 36.4 Å². The van der Waals surface area contributed by atoms with Crippen molar-refractivity contribution in [3.8, 4) is 0 Å². The molecule has 2 fully saturated rings. The number of amides is 1. The van der Waals surface area contributed by atoms with Crippen molar-refractivity contribution in [2.24, 2.45) is 0 Å². The van der Waals surface area contributed by atoms with Crippen LogP contribution in [0, 0.1) is 10.1 Å². The molecule has 2 aromatic rings. The number of carbonyl (C=O) groups excluding carboxylic acids is 1. The Labute approximate surface area is 171 Å². The van der Waals surface area contributed by atoms with Gasteiger partial charge in [-0.25, -0.2) is 0 Å². The number of nitrogens with one attached hydrogen (secondary N) is 1. The molecule has 7 nitrogen and oxygen atoms in total. The van der Waals surface area contributed by atoms with E-state index in [0.717, 1.165) is 23.0 Å². The quantitative estimate of drug-likeness (QED) is 0.558. The van der Waals surface area contributed by atoms with Crippen molar-refractivity contribution in [3.63, 3.8) is 0 Å². The van der Waals surface area contributed by atoms with E-state index in [4.69, 9.17) is 0 Å². The predicted molar refractivity (Wildman–Crippen MR) is 112 cm³/mol. The highest BCUT2D eigenvalue weighted by Gasteiger charge is 2.27. The largest absolute Gasteiger partial charge is 0.377 e. The Kier molecular flexibility index (Phi) is 5.21. The minimum Gasteiger partial charge on any atom is -0.377 e. The first-order chi connectivity index (χ1) is 13.5. The number of benzene rings is 2. The van der Waals surface area contributed by atoms with E-state index in [-0.39, 0.29) is 16.5 Å². The zero-order valence-corrected chi connectivity index (χ0v) is 16.9. The van der Waals surface area contributed by atoms with E-state index in [0.29, 0.717) is 43.5 Å². The molecule has 0 unspecified atom stereocenters. The van der Waals surface area contributed by atoms with E-state index in [2.05, 4.69) is 26.1 Å². The third kappa shape index (κ3) is 4.11. The van der Waals surface area contributed by atoms with Crippen LogP contribution in [0.15, 0.2) is 46.9 Å². The van der Waals surface area contributed by atoms with Gasteiger partial charge in [-0.3, -0.25) is 14.9 Å². The highest BCUT2D eigenvalue weighted by molar-refractivity contribution is 9.10. The van der Waals surface area contributed by atoms with Gasteiger partial charge in [0.25, 0.3) is 11.6 Å². The fraction of sp³-hybridized carbons (Fsp3) is 0.350. The van der Waals surface area contributed by atoms with Crippen LogP contribution in [0.3, 0.4) is 0 Å². The number of halogens is 1. The van der Waals surface area contributed by atoms with E-state index >= 15 is 0 Å². The monoisotopic (exact) mass is 444 g/mol. The smallest absolute Gasteiger partial charge is 0.292 e. The fourth-order valence-corrected chi connectivity index (χ4v) is 3.65. The van der Waals surface area contributed by atoms with Gasteiger partial charge in [-0.05, 0) is 49.2 Å². The van der Waals surface area contributed by atoms with E-state index < -0.39 is 0 Å². The molecular formula is C20H21BrN4O3. The SMILES string of the molecule is O=C(c1ccc(Br)cc1)N1CCN(c2ccc([N+](=O)[O-])c(NC3CC3)c2)CC1. The van der Waals surface area contributed by atoms with E-state index in [1.54, 1.807) is 12.1 Å². The molecule has 28 heavy (non-hydrogen) atoms. The molecule has 1 amide bonds. The van der Waals surface area contributed by atoms with Crippen molar-refractivity contribution in [3.05, 3.63) is 62.6 Å². The minimum atomic E-state index is -0.344. The Morgan fingerprint density at radius 1 is 1.07 bits per heavy atom. The lowest BCUT2D eigenvalue weighted by atomic mass is 10.1. The molecule has 1 aliphatic carbocycles. The summed E-state index contributed by atoms with van der Waals surface area (Å²) >= 11 is 3.38. The molecule has 146 valence electrons. The predicted octanol–water partition coefficient (Wildman–Crippen LogP) is 3.89. The van der Waals surface area contributed by atoms with Crippen LogP contribution >= 0.6 is 15.9 Å². The Bertz CT molecular complexity index is 891. The van der Waals surface area contributed by atoms with Crippen molar-refractivity contribution in [2.45, 2.75) is 18.9 Å². The van der Waals surface area contributed by atoms with Gasteiger partial charge in [-0.15, -0.1) is 0 Å². The normalized spacial score (nSPS) is 16.8. The number of carbonyl (C=O) groups is 1. The molecule has 0 atom stereocenters. The Morgan fingerprint density at radius 2 is 1.75 bits per heavy atom. The lowest BCUT2D eigenvalue weighted by molar-refractivity contribution is -0.384. The van der Waals surface area contributed by atoms with Crippen molar-refractivity contribution < 1.29 is 9.72 Å². The molecule has 1 aliphatic heterocycles. The molecule has 0 radical (unpaired) electrons. The maximum Gasteiger partial charge on any atom is 0.292 e. The van der Waals surface area contributed by atoms with Gasteiger partial charge in [0.2, 0.25) is 0 Å². The maximum absolute atomic E-state index is 12.7. The molecule has 1 saturated carbocycles. The van der Waals surface area contributed by atoms with Crippen LogP contribution < -0.4 is 10.2 Å². The van der Waals surface area contributed by atoms with Crippen LogP contribution in [0.25, 0.3) is 0 Å². The molecule has 1 saturated heterocycles.